The second kappa shape index (κ2) is 50.0. The van der Waals surface area contributed by atoms with Crippen molar-refractivity contribution in [3.05, 3.63) is 132 Å². The number of aromatic hydroxyl groups is 1. The number of nitrogens with one attached hydrogen (secondary N) is 15. The van der Waals surface area contributed by atoms with Gasteiger partial charge in [-0.2, -0.15) is 0 Å². The van der Waals surface area contributed by atoms with Gasteiger partial charge in [0, 0.05) is 113 Å². The molecule has 0 radical (unpaired) electrons. The Labute approximate surface area is 780 Å². The lowest BCUT2D eigenvalue weighted by atomic mass is 10.00. The van der Waals surface area contributed by atoms with Gasteiger partial charge in [-0.15, -0.1) is 0 Å². The highest BCUT2D eigenvalue weighted by molar-refractivity contribution is 6.03. The summed E-state index contributed by atoms with van der Waals surface area (Å²) in [5.74, 6) is -16.6. The molecule has 3 aliphatic rings. The molecule has 23 N–H and O–H groups in total. The van der Waals surface area contributed by atoms with Crippen LogP contribution in [0.2, 0.25) is 0 Å². The van der Waals surface area contributed by atoms with Crippen molar-refractivity contribution in [3.63, 3.8) is 0 Å². The number of aliphatic hydroxyl groups is 1. The van der Waals surface area contributed by atoms with E-state index in [9.17, 15) is 53.4 Å². The normalized spacial score (nSPS) is 24.3. The fourth-order valence-electron chi connectivity index (χ4n) is 16.9. The average Bonchev–Trinajstić information content (AvgIpc) is 1.75. The Morgan fingerprint density at radius 2 is 1.02 bits per heavy atom. The quantitative estimate of drug-likeness (QED) is 0.0164. The van der Waals surface area contributed by atoms with Gasteiger partial charge < -0.3 is 125 Å². The number of hydrogen-bond donors (Lipinski definition) is 20. The molecule has 135 heavy (non-hydrogen) atoms. The third-order valence-electron chi connectivity index (χ3n) is 24.4. The molecule has 2 fully saturated rings. The lowest BCUT2D eigenvalue weighted by Gasteiger charge is -2.36. The summed E-state index contributed by atoms with van der Waals surface area (Å²) in [7, 11) is 3.91. The number of aromatic amines is 3. The zero-order chi connectivity index (χ0) is 98.4. The van der Waals surface area contributed by atoms with Crippen LogP contribution in [0.25, 0.3) is 21.8 Å². The molecule has 17 amide bonds. The van der Waals surface area contributed by atoms with E-state index in [0.717, 1.165) is 31.8 Å². The number of aliphatic hydroxyl groups excluding tert-OH is 1. The summed E-state index contributed by atoms with van der Waals surface area (Å²) in [5, 5.41) is 59.8. The van der Waals surface area contributed by atoms with Gasteiger partial charge in [-0.1, -0.05) is 108 Å². The zero-order valence-electron chi connectivity index (χ0n) is 77.3. The van der Waals surface area contributed by atoms with Gasteiger partial charge in [0.05, 0.1) is 25.9 Å². The molecule has 6 aromatic rings. The van der Waals surface area contributed by atoms with Gasteiger partial charge in [-0.25, -0.2) is 4.98 Å². The third kappa shape index (κ3) is 29.1. The van der Waals surface area contributed by atoms with E-state index in [2.05, 4.69) is 78.4 Å². The lowest BCUT2D eigenvalue weighted by molar-refractivity contribution is -0.149. The molecule has 3 aliphatic heterocycles. The van der Waals surface area contributed by atoms with Crippen molar-refractivity contribution in [3.8, 4) is 5.75 Å². The van der Waals surface area contributed by atoms with Gasteiger partial charge in [0.1, 0.15) is 90.3 Å². The zero-order valence-corrected chi connectivity index (χ0v) is 77.3. The largest absolute Gasteiger partial charge is 0.508 e. The molecule has 2 saturated heterocycles. The minimum Gasteiger partial charge on any atom is -0.508 e. The minimum atomic E-state index is -1.85. The van der Waals surface area contributed by atoms with E-state index in [4.69, 9.17) is 22.6 Å². The molecule has 43 heteroatoms. The number of nitrogens with two attached hydrogens (primary N) is 3. The number of phenols is 1. The number of likely N-dealkylation sites (N-methyl/N-ethyl adjacent to an activating group) is 3. The summed E-state index contributed by atoms with van der Waals surface area (Å²) in [5.41, 5.74) is 19.9. The van der Waals surface area contributed by atoms with E-state index in [1.54, 1.807) is 74.8 Å². The molecular weight excluding hydrogens is 1750 g/mol. The number of primary amides is 2. The van der Waals surface area contributed by atoms with Crippen molar-refractivity contribution >= 4 is 128 Å². The van der Waals surface area contributed by atoms with E-state index in [-0.39, 0.29) is 115 Å². The molecule has 6 heterocycles. The number of guanidine groups is 1. The van der Waals surface area contributed by atoms with Gasteiger partial charge in [0.25, 0.3) is 0 Å². The maximum Gasteiger partial charge on any atom is 0.246 e. The summed E-state index contributed by atoms with van der Waals surface area (Å²) in [4.78, 5) is 269. The van der Waals surface area contributed by atoms with Gasteiger partial charge in [0.15, 0.2) is 5.96 Å². The molecule has 43 nitrogen and oxygen atoms in total. The number of benzene rings is 3. The van der Waals surface area contributed by atoms with Crippen molar-refractivity contribution in [2.24, 2.45) is 23.1 Å². The van der Waals surface area contributed by atoms with Crippen molar-refractivity contribution in [1.29, 1.82) is 5.41 Å². The van der Waals surface area contributed by atoms with Gasteiger partial charge in [-0.3, -0.25) is 86.9 Å². The van der Waals surface area contributed by atoms with Crippen LogP contribution in [-0.2, 0) is 107 Å². The first-order valence-corrected chi connectivity index (χ1v) is 45.6. The monoisotopic (exact) mass is 1870 g/mol. The van der Waals surface area contributed by atoms with Crippen molar-refractivity contribution in [2.75, 3.05) is 53.9 Å². The smallest absolute Gasteiger partial charge is 0.246 e. The minimum absolute atomic E-state index is 0.00177. The van der Waals surface area contributed by atoms with Crippen molar-refractivity contribution < 1.29 is 91.7 Å². The van der Waals surface area contributed by atoms with E-state index in [1.807, 2.05) is 13.8 Å². The molecule has 0 bridgehead atoms. The fraction of sp³-hybridized carbons (Fsp3) is 0.511. The molecular formula is C92H128N24O19. The number of amides is 17. The van der Waals surface area contributed by atoms with Crippen molar-refractivity contribution in [1.82, 2.24) is 103 Å². The van der Waals surface area contributed by atoms with Crippen LogP contribution in [0.5, 0.6) is 5.75 Å². The number of nitrogens with zero attached hydrogens (tertiary/aromatic N) is 6. The average molecular weight is 1870 g/mol. The third-order valence-corrected chi connectivity index (χ3v) is 24.4. The summed E-state index contributed by atoms with van der Waals surface area (Å²) < 4.78 is 0. The van der Waals surface area contributed by atoms with E-state index >= 15 is 38.4 Å². The molecule has 0 aliphatic carbocycles. The maximum absolute atomic E-state index is 15.8. The topological polar surface area (TPSA) is 641 Å². The molecule has 0 spiro atoms. The molecule has 14 atom stereocenters. The van der Waals surface area contributed by atoms with Crippen molar-refractivity contribution in [2.45, 2.75) is 241 Å². The number of aromatic nitrogens is 4. The van der Waals surface area contributed by atoms with E-state index in [1.165, 1.54) is 69.8 Å². The highest BCUT2D eigenvalue weighted by Crippen LogP contribution is 2.28. The first-order valence-electron chi connectivity index (χ1n) is 45.6. The maximum atomic E-state index is 15.8. The van der Waals surface area contributed by atoms with E-state index in [0.29, 0.717) is 69.9 Å². The first-order chi connectivity index (χ1) is 64.4. The molecule has 730 valence electrons. The van der Waals surface area contributed by atoms with Gasteiger partial charge in [-0.05, 0) is 124 Å². The number of phenolic OH excluding ortho intramolecular Hbond substituents is 1. The summed E-state index contributed by atoms with van der Waals surface area (Å²) in [6, 6.07) is -1.58. The number of rotatable bonds is 26. The molecule has 0 saturated carbocycles. The Kier molecular flexibility index (Phi) is 38.7. The van der Waals surface area contributed by atoms with Gasteiger partial charge in [0.2, 0.25) is 100 Å². The Bertz CT molecular complexity index is 5250. The SMILES string of the molecule is CCCC[C@H]1C(=O)N(C)[C@@H](CCCC)C(=O)N[C@@H](CCCNC(=N)N)C(=O)N[C@H](C(=O)NCC(N)=O)C/C=C/C(=O)N[C@@H](Cc2ccc(O)cc2)C(=O)N(C)[C@@H](C)C(=O)N[C@@H](CC(N)=O)C(=O)N2CCCC2C(=O)N[C@@H](Cc2cnc[nH]2)C(=O)N[C@@H](CC(C)C)C(=O)N2CCC[C@H]2C(=O)N[C@@H](Cc2c[nH]c3ccccc23)C(=O)N[C@@H](CO)C(=O)N[C@@H](Cc2c[nH]c3ccccc23)C(=O)N1C. The lowest BCUT2D eigenvalue weighted by Crippen LogP contribution is -2.62. The number of H-pyrrole nitrogens is 3. The predicted molar refractivity (Wildman–Crippen MR) is 495 cm³/mol. The van der Waals surface area contributed by atoms with Crippen LogP contribution in [0.15, 0.2) is 110 Å². The van der Waals surface area contributed by atoms with Crippen LogP contribution < -0.4 is 75.7 Å². The number of para-hydroxylation sites is 2. The van der Waals surface area contributed by atoms with Crippen LogP contribution >= 0.6 is 0 Å². The molecule has 3 aromatic heterocycles. The fourth-order valence-corrected chi connectivity index (χ4v) is 16.9. The van der Waals surface area contributed by atoms with Crippen LogP contribution in [0.3, 0.4) is 0 Å². The van der Waals surface area contributed by atoms with E-state index < -0.39 is 217 Å². The van der Waals surface area contributed by atoms with Crippen LogP contribution in [0.1, 0.15) is 153 Å². The van der Waals surface area contributed by atoms with Gasteiger partial charge >= 0.3 is 0 Å². The second-order valence-corrected chi connectivity index (χ2v) is 34.8. The predicted octanol–water partition coefficient (Wildman–Crippen LogP) is -1.69. The summed E-state index contributed by atoms with van der Waals surface area (Å²) >= 11 is 0. The van der Waals surface area contributed by atoms with Crippen LogP contribution in [0, 0.1) is 11.3 Å². The number of fused-ring (bicyclic) bond motifs is 4. The molecule has 1 unspecified atom stereocenters. The molecule has 9 rings (SSSR count). The highest BCUT2D eigenvalue weighted by Gasteiger charge is 2.46. The Balaban J connectivity index is 1.11. The van der Waals surface area contributed by atoms with Crippen LogP contribution in [-0.4, -0.2) is 300 Å². The second-order valence-electron chi connectivity index (χ2n) is 34.8. The number of hydrogen-bond acceptors (Lipinski definition) is 21. The summed E-state index contributed by atoms with van der Waals surface area (Å²) in [6.45, 7) is 6.60. The number of carbonyl (C=O) groups excluding carboxylic acids is 17. The Morgan fingerprint density at radius 1 is 0.519 bits per heavy atom. The Hall–Kier alpha value is -14.3. The molecule has 3 aromatic carbocycles. The Morgan fingerprint density at radius 3 is 1.58 bits per heavy atom. The number of carbonyl (C=O) groups is 17. The number of unbranched alkanes of at least 4 members (excludes halogenated alkanes) is 2. The first kappa shape index (κ1) is 104. The standard InChI is InChI=1S/C92H128N24O19/c1-9-11-27-71-84(128)105-63(26-18-36-98-92(95)96)80(124)104-62(79(123)101-48-76(94)120)25-17-31-77(121)103-67(40-53-32-34-57(118)35-33-53)87(131)112(6)52(5)78(122)108-69(44-75(93)119)90(134)116-38-20-30-73(116)86(130)107-65(43-56-47-97-50-102-56)82(126)109-66(39-51(3)4)89(133)115-37-19-29-72(115)85(129)106-64(41-54-45-99-60-23-15-13-21-58(54)60)81(125)111-70(49-117)83(127)110-68(42-55-46-100-61-24-16-14-22-59(55)61)88(132)114(8)74(28-12-10-2)91(135)113(71)7/h13-17,21-24,31-35,45-47,50-52,62-74,99-100,117-118H,9-12,18-20,25-30,36-44,48-49H2,1-8H3,(H2,93,119)(H2,94,120)(H,97,102)(H,101,123)(H,103,121)(H,104,124)(H,105,128)(H,106,129)(H,107,130)(H,108,122)(H,109,126)(H,110,127)(H,111,125)(H4,95,96,98)/b31-17+/t52-,62-,63-,64-,65-,66-,67-,68-,69-,70-,71-,72-,73?,74-/m0/s1. The number of imidazole rings is 1. The van der Waals surface area contributed by atoms with Crippen LogP contribution in [0.4, 0.5) is 0 Å². The highest BCUT2D eigenvalue weighted by atomic mass is 16.3. The summed E-state index contributed by atoms with van der Waals surface area (Å²) in [6.07, 6.45) is 7.62.